The highest BCUT2D eigenvalue weighted by Gasteiger charge is 2.27. The van der Waals surface area contributed by atoms with Gasteiger partial charge in [0.1, 0.15) is 11.6 Å². The lowest BCUT2D eigenvalue weighted by molar-refractivity contribution is 0.486. The van der Waals surface area contributed by atoms with Crippen molar-refractivity contribution in [2.75, 3.05) is 0 Å². The van der Waals surface area contributed by atoms with Crippen LogP contribution in [0.15, 0.2) is 30.3 Å². The van der Waals surface area contributed by atoms with Crippen LogP contribution in [-0.2, 0) is 12.0 Å². The molecule has 1 atom stereocenters. The van der Waals surface area contributed by atoms with Gasteiger partial charge in [-0.2, -0.15) is 0 Å². The molecule has 2 aromatic carbocycles. The van der Waals surface area contributed by atoms with Crippen molar-refractivity contribution in [3.05, 3.63) is 68.2 Å². The van der Waals surface area contributed by atoms with Crippen LogP contribution in [0.3, 0.4) is 0 Å². The zero-order valence-corrected chi connectivity index (χ0v) is 13.3. The Kier molecular flexibility index (Phi) is 4.79. The molecule has 0 spiro atoms. The van der Waals surface area contributed by atoms with Gasteiger partial charge in [0.15, 0.2) is 0 Å². The van der Waals surface area contributed by atoms with Crippen molar-refractivity contribution in [2.45, 2.75) is 18.9 Å². The van der Waals surface area contributed by atoms with E-state index in [1.54, 1.807) is 13.0 Å². The van der Waals surface area contributed by atoms with E-state index in [-0.39, 0.29) is 21.5 Å². The molecule has 2 aromatic rings. The maximum Gasteiger partial charge on any atom is 0.142 e. The number of benzene rings is 2. The summed E-state index contributed by atoms with van der Waals surface area (Å²) in [6, 6.07) is 6.56. The average Bonchev–Trinajstić information content (AvgIpc) is 2.37. The Balaban J connectivity index is 2.40. The molecule has 0 heterocycles. The minimum atomic E-state index is -0.982. The summed E-state index contributed by atoms with van der Waals surface area (Å²) in [6.45, 7) is 1.70. The summed E-state index contributed by atoms with van der Waals surface area (Å²) >= 11 is 17.8. The van der Waals surface area contributed by atoms with E-state index in [0.29, 0.717) is 11.1 Å². The molecule has 0 aliphatic heterocycles. The molecule has 6 heteroatoms. The summed E-state index contributed by atoms with van der Waals surface area (Å²) in [5.74, 6) is -1.03. The SMILES string of the molecule is CC(N)(Cc1ccc(F)cc1Cl)c1cc(F)c(Cl)cc1Cl. The molecular formula is C15H12Cl3F2N. The second-order valence-electron chi connectivity index (χ2n) is 5.08. The molecule has 0 amide bonds. The van der Waals surface area contributed by atoms with Gasteiger partial charge in [-0.3, -0.25) is 0 Å². The quantitative estimate of drug-likeness (QED) is 0.743. The van der Waals surface area contributed by atoms with Gasteiger partial charge in [-0.15, -0.1) is 0 Å². The molecular weight excluding hydrogens is 339 g/mol. The van der Waals surface area contributed by atoms with E-state index in [2.05, 4.69) is 0 Å². The summed E-state index contributed by atoms with van der Waals surface area (Å²) in [6.07, 6.45) is 0.271. The molecule has 0 aromatic heterocycles. The van der Waals surface area contributed by atoms with Crippen LogP contribution >= 0.6 is 34.8 Å². The molecule has 1 unspecified atom stereocenters. The standard InChI is InChI=1S/C15H12Cl3F2N/c1-15(21,7-8-2-3-9(19)4-11(8)16)10-5-14(20)13(18)6-12(10)17/h2-6H,7,21H2,1H3. The van der Waals surface area contributed by atoms with E-state index in [1.165, 1.54) is 24.3 Å². The van der Waals surface area contributed by atoms with Crippen LogP contribution < -0.4 is 5.73 Å². The molecule has 0 saturated carbocycles. The third kappa shape index (κ3) is 3.67. The largest absolute Gasteiger partial charge is 0.321 e. The van der Waals surface area contributed by atoms with E-state index in [4.69, 9.17) is 40.5 Å². The first kappa shape index (κ1) is 16.5. The lowest BCUT2D eigenvalue weighted by Crippen LogP contribution is -2.36. The molecule has 0 aliphatic rings. The first-order chi connectivity index (χ1) is 9.70. The van der Waals surface area contributed by atoms with Crippen molar-refractivity contribution >= 4 is 34.8 Å². The van der Waals surface area contributed by atoms with Crippen molar-refractivity contribution in [1.82, 2.24) is 0 Å². The highest BCUT2D eigenvalue weighted by atomic mass is 35.5. The molecule has 0 aliphatic carbocycles. The maximum atomic E-state index is 13.6. The summed E-state index contributed by atoms with van der Waals surface area (Å²) in [4.78, 5) is 0. The van der Waals surface area contributed by atoms with Crippen molar-refractivity contribution in [1.29, 1.82) is 0 Å². The van der Waals surface area contributed by atoms with Crippen LogP contribution in [0.4, 0.5) is 8.78 Å². The van der Waals surface area contributed by atoms with Gasteiger partial charge in [0.25, 0.3) is 0 Å². The summed E-state index contributed by atoms with van der Waals surface area (Å²) < 4.78 is 26.7. The van der Waals surface area contributed by atoms with Gasteiger partial charge in [0.05, 0.1) is 5.02 Å². The molecule has 0 fully saturated rings. The zero-order valence-electron chi connectivity index (χ0n) is 11.1. The third-order valence-electron chi connectivity index (χ3n) is 3.20. The van der Waals surface area contributed by atoms with Crippen LogP contribution in [0.2, 0.25) is 15.1 Å². The first-order valence-corrected chi connectivity index (χ1v) is 7.22. The molecule has 1 nitrogen and oxygen atoms in total. The number of halogens is 5. The van der Waals surface area contributed by atoms with Crippen LogP contribution in [-0.4, -0.2) is 0 Å². The molecule has 0 saturated heterocycles. The van der Waals surface area contributed by atoms with E-state index >= 15 is 0 Å². The Bertz CT molecular complexity index is 687. The van der Waals surface area contributed by atoms with Gasteiger partial charge in [-0.05, 0) is 48.7 Å². The molecule has 2 N–H and O–H groups in total. The zero-order chi connectivity index (χ0) is 15.8. The molecule has 0 bridgehead atoms. The fraction of sp³-hybridized carbons (Fsp3) is 0.200. The van der Waals surface area contributed by atoms with Gasteiger partial charge >= 0.3 is 0 Å². The third-order valence-corrected chi connectivity index (χ3v) is 4.15. The van der Waals surface area contributed by atoms with Gasteiger partial charge in [-0.25, -0.2) is 8.78 Å². The van der Waals surface area contributed by atoms with E-state index in [1.807, 2.05) is 0 Å². The fourth-order valence-electron chi connectivity index (χ4n) is 2.12. The molecule has 112 valence electrons. The van der Waals surface area contributed by atoms with Gasteiger partial charge in [-0.1, -0.05) is 40.9 Å². The topological polar surface area (TPSA) is 26.0 Å². The van der Waals surface area contributed by atoms with E-state index in [0.717, 1.165) is 0 Å². The van der Waals surface area contributed by atoms with E-state index < -0.39 is 17.2 Å². The van der Waals surface area contributed by atoms with Crippen molar-refractivity contribution < 1.29 is 8.78 Å². The summed E-state index contributed by atoms with van der Waals surface area (Å²) in [5.41, 5.74) is 6.32. The van der Waals surface area contributed by atoms with Crippen LogP contribution in [0.1, 0.15) is 18.1 Å². The molecule has 21 heavy (non-hydrogen) atoms. The number of rotatable bonds is 3. The van der Waals surface area contributed by atoms with Gasteiger partial charge in [0, 0.05) is 15.6 Å². The summed E-state index contributed by atoms with van der Waals surface area (Å²) in [7, 11) is 0. The molecule has 2 rings (SSSR count). The van der Waals surface area contributed by atoms with Gasteiger partial charge in [0.2, 0.25) is 0 Å². The smallest absolute Gasteiger partial charge is 0.142 e. The normalized spacial score (nSPS) is 14.0. The highest BCUT2D eigenvalue weighted by molar-refractivity contribution is 6.35. The van der Waals surface area contributed by atoms with Gasteiger partial charge < -0.3 is 5.73 Å². The van der Waals surface area contributed by atoms with Crippen LogP contribution in [0.25, 0.3) is 0 Å². The average molecular weight is 351 g/mol. The Morgan fingerprint density at radius 3 is 2.29 bits per heavy atom. The van der Waals surface area contributed by atoms with Crippen molar-refractivity contribution in [3.63, 3.8) is 0 Å². The lowest BCUT2D eigenvalue weighted by atomic mass is 9.86. The predicted octanol–water partition coefficient (Wildman–Crippen LogP) is 5.34. The minimum absolute atomic E-state index is 0.0700. The fourth-order valence-corrected chi connectivity index (χ4v) is 2.95. The monoisotopic (exact) mass is 349 g/mol. The van der Waals surface area contributed by atoms with Crippen LogP contribution in [0, 0.1) is 11.6 Å². The minimum Gasteiger partial charge on any atom is -0.321 e. The summed E-state index contributed by atoms with van der Waals surface area (Å²) in [5, 5.41) is 0.459. The first-order valence-electron chi connectivity index (χ1n) is 6.08. The maximum absolute atomic E-state index is 13.6. The van der Waals surface area contributed by atoms with E-state index in [9.17, 15) is 8.78 Å². The number of hydrogen-bond acceptors (Lipinski definition) is 1. The Morgan fingerprint density at radius 1 is 1.00 bits per heavy atom. The van der Waals surface area contributed by atoms with Crippen LogP contribution in [0.5, 0.6) is 0 Å². The Labute approximate surface area is 136 Å². The van der Waals surface area contributed by atoms with Crippen molar-refractivity contribution in [2.24, 2.45) is 5.73 Å². The number of nitrogens with two attached hydrogens (primary N) is 1. The second kappa shape index (κ2) is 6.09. The highest BCUT2D eigenvalue weighted by Crippen LogP contribution is 2.34. The Hall–Kier alpha value is -0.870. The lowest BCUT2D eigenvalue weighted by Gasteiger charge is -2.27. The molecule has 0 radical (unpaired) electrons. The second-order valence-corrected chi connectivity index (χ2v) is 6.30. The predicted molar refractivity (Wildman–Crippen MR) is 83.1 cm³/mol. The Morgan fingerprint density at radius 2 is 1.67 bits per heavy atom. The number of hydrogen-bond donors (Lipinski definition) is 1. The van der Waals surface area contributed by atoms with Crippen molar-refractivity contribution in [3.8, 4) is 0 Å².